The van der Waals surface area contributed by atoms with E-state index in [1.165, 1.54) is 19.2 Å². The number of hydrogen-bond donors (Lipinski definition) is 4. The number of para-hydroxylation sites is 2. The van der Waals surface area contributed by atoms with Crippen molar-refractivity contribution in [3.63, 3.8) is 0 Å². The van der Waals surface area contributed by atoms with Gasteiger partial charge in [0.25, 0.3) is 0 Å². The predicted molar refractivity (Wildman–Crippen MR) is 189 cm³/mol. The number of carbonyl (C=O) groups is 3. The fourth-order valence-electron chi connectivity index (χ4n) is 5.66. The van der Waals surface area contributed by atoms with Crippen molar-refractivity contribution >= 4 is 44.8 Å². The summed E-state index contributed by atoms with van der Waals surface area (Å²) in [6, 6.07) is 16.1. The van der Waals surface area contributed by atoms with Gasteiger partial charge in [0.05, 0.1) is 41.9 Å². The number of carbonyl (C=O) groups excluding carboxylic acids is 3. The first-order valence-electron chi connectivity index (χ1n) is 16.6. The maximum atomic E-state index is 13.5. The van der Waals surface area contributed by atoms with Gasteiger partial charge < -0.3 is 31.1 Å². The summed E-state index contributed by atoms with van der Waals surface area (Å²) in [6.07, 6.45) is 1.60. The number of rotatable bonds is 14. The Morgan fingerprint density at radius 1 is 1.04 bits per heavy atom. The normalized spacial score (nSPS) is 17.2. The molecule has 12 nitrogen and oxygen atoms in total. The Balaban J connectivity index is 1.41. The lowest BCUT2D eigenvalue weighted by molar-refractivity contribution is -0.134. The van der Waals surface area contributed by atoms with Crippen LogP contribution in [0.25, 0.3) is 0 Å². The van der Waals surface area contributed by atoms with Gasteiger partial charge in [-0.2, -0.15) is 4.31 Å². The fraction of sp³-hybridized carbons (Fsp3) is 0.417. The van der Waals surface area contributed by atoms with Crippen molar-refractivity contribution in [2.45, 2.75) is 69.4 Å². The molecule has 3 aromatic rings. The summed E-state index contributed by atoms with van der Waals surface area (Å²) in [5.41, 5.74) is 7.89. The van der Waals surface area contributed by atoms with Crippen LogP contribution in [0.1, 0.15) is 51.5 Å². The highest BCUT2D eigenvalue weighted by molar-refractivity contribution is 7.89. The number of aliphatic hydroxyl groups is 1. The molecule has 0 saturated heterocycles. The van der Waals surface area contributed by atoms with Crippen LogP contribution in [0.2, 0.25) is 0 Å². The number of benzene rings is 3. The lowest BCUT2D eigenvalue weighted by Crippen LogP contribution is -2.48. The average Bonchev–Trinajstić information content (AvgIpc) is 3.12. The van der Waals surface area contributed by atoms with Crippen molar-refractivity contribution in [2.24, 2.45) is 5.92 Å². The van der Waals surface area contributed by atoms with Gasteiger partial charge in [0.2, 0.25) is 27.7 Å². The molecule has 270 valence electrons. The Labute approximate surface area is 292 Å². The number of likely N-dealkylation sites (N-methyl/N-ethyl adjacent to an activating group) is 1. The zero-order chi connectivity index (χ0) is 36.4. The van der Waals surface area contributed by atoms with Gasteiger partial charge >= 0.3 is 0 Å². The molecule has 0 bridgehead atoms. The van der Waals surface area contributed by atoms with Gasteiger partial charge in [-0.25, -0.2) is 12.8 Å². The van der Waals surface area contributed by atoms with E-state index in [2.05, 4.69) is 10.6 Å². The molecule has 0 aromatic heterocycles. The van der Waals surface area contributed by atoms with Crippen molar-refractivity contribution in [3.05, 3.63) is 78.1 Å². The minimum absolute atomic E-state index is 0.0662. The average molecular weight is 712 g/mol. The SMILES string of the molecule is C[C@H](CO)N1C[C@H](C)[C@@H](CN(C)S(=O)(=O)c2ccc(F)cc2)Oc2ccc(NC(=O)CCCCCC(=O)Nc3ccccc3N)cc2CC1=O. The number of sulfonamides is 1. The molecule has 0 aliphatic carbocycles. The van der Waals surface area contributed by atoms with Gasteiger partial charge in [-0.1, -0.05) is 25.5 Å². The van der Waals surface area contributed by atoms with Crippen molar-refractivity contribution in [1.29, 1.82) is 0 Å². The van der Waals surface area contributed by atoms with Crippen LogP contribution in [0, 0.1) is 11.7 Å². The topological polar surface area (TPSA) is 171 Å². The molecule has 50 heavy (non-hydrogen) atoms. The molecule has 3 aromatic carbocycles. The molecule has 5 N–H and O–H groups in total. The summed E-state index contributed by atoms with van der Waals surface area (Å²) in [6.45, 7) is 3.44. The third-order valence-corrected chi connectivity index (χ3v) is 10.5. The van der Waals surface area contributed by atoms with Gasteiger partial charge in [0.1, 0.15) is 17.7 Å². The van der Waals surface area contributed by atoms with Crippen LogP contribution in [0.3, 0.4) is 0 Å². The first-order valence-corrected chi connectivity index (χ1v) is 18.1. The summed E-state index contributed by atoms with van der Waals surface area (Å²) in [4.78, 5) is 40.1. The minimum Gasteiger partial charge on any atom is -0.488 e. The monoisotopic (exact) mass is 711 g/mol. The Bertz CT molecular complexity index is 1760. The second-order valence-electron chi connectivity index (χ2n) is 12.7. The third kappa shape index (κ3) is 10.2. The second kappa shape index (κ2) is 17.4. The van der Waals surface area contributed by atoms with Gasteiger partial charge in [-0.15, -0.1) is 0 Å². The minimum atomic E-state index is -3.99. The van der Waals surface area contributed by atoms with E-state index < -0.39 is 28.0 Å². The highest BCUT2D eigenvalue weighted by Gasteiger charge is 2.33. The number of nitrogen functional groups attached to an aromatic ring is 1. The Kier molecular flexibility index (Phi) is 13.3. The van der Waals surface area contributed by atoms with Crippen LogP contribution in [0.5, 0.6) is 5.75 Å². The lowest BCUT2D eigenvalue weighted by atomic mass is 10.0. The molecular formula is C36H46FN5O7S. The summed E-state index contributed by atoms with van der Waals surface area (Å²) < 4.78 is 47.7. The van der Waals surface area contributed by atoms with Gasteiger partial charge in [-0.05, 0) is 74.4 Å². The molecule has 0 unspecified atom stereocenters. The molecule has 1 heterocycles. The van der Waals surface area contributed by atoms with E-state index in [4.69, 9.17) is 10.5 Å². The number of hydrogen-bond acceptors (Lipinski definition) is 8. The first-order chi connectivity index (χ1) is 23.8. The summed E-state index contributed by atoms with van der Waals surface area (Å²) >= 11 is 0. The number of nitrogens with one attached hydrogen (secondary N) is 2. The zero-order valence-electron chi connectivity index (χ0n) is 28.6. The molecule has 1 aliphatic rings. The Morgan fingerprint density at radius 3 is 2.36 bits per heavy atom. The molecule has 14 heteroatoms. The van der Waals surface area contributed by atoms with Crippen LogP contribution in [-0.4, -0.2) is 79.3 Å². The van der Waals surface area contributed by atoms with E-state index in [1.807, 2.05) is 6.92 Å². The highest BCUT2D eigenvalue weighted by Crippen LogP contribution is 2.30. The van der Waals surface area contributed by atoms with Crippen molar-refractivity contribution in [3.8, 4) is 5.75 Å². The van der Waals surface area contributed by atoms with Crippen molar-refractivity contribution in [1.82, 2.24) is 9.21 Å². The lowest BCUT2D eigenvalue weighted by Gasteiger charge is -2.33. The van der Waals surface area contributed by atoms with E-state index in [1.54, 1.807) is 54.3 Å². The van der Waals surface area contributed by atoms with Gasteiger partial charge in [0.15, 0.2) is 0 Å². The first kappa shape index (κ1) is 38.3. The molecule has 0 spiro atoms. The fourth-order valence-corrected chi connectivity index (χ4v) is 6.84. The number of aliphatic hydroxyl groups excluding tert-OH is 1. The quantitative estimate of drug-likeness (QED) is 0.141. The van der Waals surface area contributed by atoms with Gasteiger partial charge in [-0.3, -0.25) is 14.4 Å². The number of nitrogens with two attached hydrogens (primary N) is 1. The maximum Gasteiger partial charge on any atom is 0.242 e. The Hall–Kier alpha value is -4.53. The zero-order valence-corrected chi connectivity index (χ0v) is 29.4. The number of anilines is 3. The largest absolute Gasteiger partial charge is 0.488 e. The molecule has 3 amide bonds. The van der Waals surface area contributed by atoms with Crippen LogP contribution >= 0.6 is 0 Å². The van der Waals surface area contributed by atoms with Crippen LogP contribution < -0.4 is 21.1 Å². The molecule has 0 radical (unpaired) electrons. The van der Waals surface area contributed by atoms with E-state index in [-0.39, 0.29) is 61.1 Å². The molecule has 4 rings (SSSR count). The number of fused-ring (bicyclic) bond motifs is 1. The van der Waals surface area contributed by atoms with E-state index in [0.29, 0.717) is 54.1 Å². The third-order valence-electron chi connectivity index (χ3n) is 8.70. The summed E-state index contributed by atoms with van der Waals surface area (Å²) in [7, 11) is -2.58. The maximum absolute atomic E-state index is 13.5. The number of unbranched alkanes of at least 4 members (excludes halogenated alkanes) is 2. The highest BCUT2D eigenvalue weighted by atomic mass is 32.2. The molecule has 1 aliphatic heterocycles. The van der Waals surface area contributed by atoms with E-state index in [0.717, 1.165) is 16.4 Å². The number of halogens is 1. The second-order valence-corrected chi connectivity index (χ2v) is 14.7. The van der Waals surface area contributed by atoms with Crippen LogP contribution in [-0.2, 0) is 30.8 Å². The van der Waals surface area contributed by atoms with Crippen LogP contribution in [0.15, 0.2) is 71.6 Å². The van der Waals surface area contributed by atoms with Gasteiger partial charge in [0, 0.05) is 43.6 Å². The number of amides is 3. The van der Waals surface area contributed by atoms with E-state index in [9.17, 15) is 32.3 Å². The standard InChI is InChI=1S/C36H46FN5O7S/c1-24-21-42(25(2)23-43)36(46)20-26-19-28(39-34(44)11-5-4-6-12-35(45)40-31-10-8-7-9-30(31)38)15-18-32(26)49-33(24)22-41(3)50(47,48)29-16-13-27(37)14-17-29/h7-10,13-19,24-25,33,43H,4-6,11-12,20-23,38H2,1-3H3,(H,39,44)(H,40,45)/t24-,25+,33+/m0/s1. The predicted octanol–water partition coefficient (Wildman–Crippen LogP) is 4.41. The summed E-state index contributed by atoms with van der Waals surface area (Å²) in [5, 5.41) is 15.6. The van der Waals surface area contributed by atoms with E-state index >= 15 is 0 Å². The summed E-state index contributed by atoms with van der Waals surface area (Å²) in [5.74, 6) is -1.16. The van der Waals surface area contributed by atoms with Crippen LogP contribution in [0.4, 0.5) is 21.5 Å². The molecule has 0 saturated carbocycles. The molecule has 0 fully saturated rings. The van der Waals surface area contributed by atoms with Crippen molar-refractivity contribution in [2.75, 3.05) is 43.1 Å². The Morgan fingerprint density at radius 2 is 1.70 bits per heavy atom. The molecule has 3 atom stereocenters. The smallest absolute Gasteiger partial charge is 0.242 e. The number of ether oxygens (including phenoxy) is 1. The van der Waals surface area contributed by atoms with Crippen molar-refractivity contribution < 1.29 is 37.0 Å². The number of nitrogens with zero attached hydrogens (tertiary/aromatic N) is 2. The molecular weight excluding hydrogens is 665 g/mol.